The average molecular weight is 342 g/mol. The van der Waals surface area contributed by atoms with Crippen LogP contribution in [0.5, 0.6) is 0 Å². The number of piperidine rings is 1. The maximum atomic E-state index is 12.7. The summed E-state index contributed by atoms with van der Waals surface area (Å²) in [6.45, 7) is 10.3. The lowest BCUT2D eigenvalue weighted by molar-refractivity contribution is -0.133. The molecule has 0 aliphatic carbocycles. The molecular formula is C20H30N4O. The number of amides is 1. The Morgan fingerprint density at radius 3 is 2.96 bits per heavy atom. The van der Waals surface area contributed by atoms with Crippen LogP contribution < -0.4 is 0 Å². The van der Waals surface area contributed by atoms with Crippen molar-refractivity contribution in [3.8, 4) is 0 Å². The minimum atomic E-state index is 0.287. The molecule has 5 nitrogen and oxygen atoms in total. The van der Waals surface area contributed by atoms with Crippen LogP contribution in [0.15, 0.2) is 30.7 Å². The number of nitrogens with zero attached hydrogens (tertiary/aromatic N) is 4. The topological polar surface area (TPSA) is 41.4 Å². The first-order valence-corrected chi connectivity index (χ1v) is 9.60. The van der Waals surface area contributed by atoms with Crippen molar-refractivity contribution >= 4 is 16.8 Å². The van der Waals surface area contributed by atoms with Gasteiger partial charge in [-0.25, -0.2) is 0 Å². The normalized spacial score (nSPS) is 18.2. The highest BCUT2D eigenvalue weighted by Gasteiger charge is 2.24. The Bertz CT molecular complexity index is 692. The summed E-state index contributed by atoms with van der Waals surface area (Å²) in [5.41, 5.74) is 1.10. The van der Waals surface area contributed by atoms with Gasteiger partial charge in [0.15, 0.2) is 0 Å². The predicted molar refractivity (Wildman–Crippen MR) is 101 cm³/mol. The average Bonchev–Trinajstić information content (AvgIpc) is 3.07. The van der Waals surface area contributed by atoms with Crippen LogP contribution in [-0.4, -0.2) is 58.0 Å². The van der Waals surface area contributed by atoms with Crippen molar-refractivity contribution in [2.45, 2.75) is 39.7 Å². The number of rotatable bonds is 7. The Morgan fingerprint density at radius 1 is 1.32 bits per heavy atom. The summed E-state index contributed by atoms with van der Waals surface area (Å²) in [5.74, 6) is 0.907. The quantitative estimate of drug-likeness (QED) is 0.777. The number of fused-ring (bicyclic) bond motifs is 1. The third-order valence-corrected chi connectivity index (χ3v) is 5.43. The third kappa shape index (κ3) is 4.40. The number of aromatic nitrogens is 2. The van der Waals surface area contributed by atoms with Crippen molar-refractivity contribution in [1.29, 1.82) is 0 Å². The zero-order chi connectivity index (χ0) is 17.6. The number of carbonyl (C=O) groups is 1. The first kappa shape index (κ1) is 17.9. The molecule has 5 heteroatoms. The SMILES string of the molecule is CCN(CC)CC1CCCN(C(=O)CCn2ccc3ccncc32)C1. The van der Waals surface area contributed by atoms with Crippen molar-refractivity contribution in [2.24, 2.45) is 5.92 Å². The highest BCUT2D eigenvalue weighted by molar-refractivity contribution is 5.79. The van der Waals surface area contributed by atoms with Crippen LogP contribution in [0.25, 0.3) is 10.9 Å². The van der Waals surface area contributed by atoms with Gasteiger partial charge in [0.05, 0.1) is 11.7 Å². The molecule has 25 heavy (non-hydrogen) atoms. The molecule has 2 aromatic heterocycles. The van der Waals surface area contributed by atoms with Crippen LogP contribution in [0.3, 0.4) is 0 Å². The first-order chi connectivity index (χ1) is 12.2. The third-order valence-electron chi connectivity index (χ3n) is 5.43. The fourth-order valence-corrected chi connectivity index (χ4v) is 3.89. The minimum Gasteiger partial charge on any atom is -0.346 e. The van der Waals surface area contributed by atoms with E-state index in [0.29, 0.717) is 12.3 Å². The lowest BCUT2D eigenvalue weighted by Gasteiger charge is -2.35. The molecule has 136 valence electrons. The summed E-state index contributed by atoms with van der Waals surface area (Å²) in [6, 6.07) is 4.10. The number of hydrogen-bond acceptors (Lipinski definition) is 3. The van der Waals surface area contributed by atoms with Crippen molar-refractivity contribution < 1.29 is 4.79 Å². The largest absolute Gasteiger partial charge is 0.346 e. The van der Waals surface area contributed by atoms with Gasteiger partial charge < -0.3 is 14.4 Å². The minimum absolute atomic E-state index is 0.287. The molecule has 1 saturated heterocycles. The van der Waals surface area contributed by atoms with E-state index in [4.69, 9.17) is 0 Å². The number of likely N-dealkylation sites (tertiary alicyclic amines) is 1. The van der Waals surface area contributed by atoms with E-state index >= 15 is 0 Å². The van der Waals surface area contributed by atoms with Gasteiger partial charge >= 0.3 is 0 Å². The number of hydrogen-bond donors (Lipinski definition) is 0. The smallest absolute Gasteiger partial charge is 0.224 e. The fraction of sp³-hybridized carbons (Fsp3) is 0.600. The van der Waals surface area contributed by atoms with Gasteiger partial charge in [0.2, 0.25) is 5.91 Å². The van der Waals surface area contributed by atoms with Gasteiger partial charge in [-0.15, -0.1) is 0 Å². The van der Waals surface area contributed by atoms with E-state index in [1.807, 2.05) is 18.5 Å². The molecule has 0 saturated carbocycles. The van der Waals surface area contributed by atoms with E-state index in [1.54, 1.807) is 0 Å². The molecule has 1 aliphatic heterocycles. The van der Waals surface area contributed by atoms with E-state index in [9.17, 15) is 4.79 Å². The maximum Gasteiger partial charge on any atom is 0.224 e. The molecule has 3 rings (SSSR count). The van der Waals surface area contributed by atoms with Gasteiger partial charge in [0, 0.05) is 50.4 Å². The van der Waals surface area contributed by atoms with Crippen LogP contribution in [0, 0.1) is 5.92 Å². The van der Waals surface area contributed by atoms with Crippen molar-refractivity contribution in [3.63, 3.8) is 0 Å². The summed E-state index contributed by atoms with van der Waals surface area (Å²) >= 11 is 0. The van der Waals surface area contributed by atoms with Crippen LogP contribution in [-0.2, 0) is 11.3 Å². The molecule has 0 bridgehead atoms. The highest BCUT2D eigenvalue weighted by Crippen LogP contribution is 2.19. The predicted octanol–water partition coefficient (Wildman–Crippen LogP) is 3.01. The van der Waals surface area contributed by atoms with Gasteiger partial charge in [-0.3, -0.25) is 9.78 Å². The molecule has 0 spiro atoms. The Morgan fingerprint density at radius 2 is 2.16 bits per heavy atom. The number of pyridine rings is 1. The van der Waals surface area contributed by atoms with Crippen molar-refractivity contribution in [2.75, 3.05) is 32.7 Å². The van der Waals surface area contributed by atoms with E-state index in [1.165, 1.54) is 11.8 Å². The highest BCUT2D eigenvalue weighted by atomic mass is 16.2. The Labute approximate surface area is 150 Å². The van der Waals surface area contributed by atoms with Crippen LogP contribution >= 0.6 is 0 Å². The molecule has 3 heterocycles. The Kier molecular flexibility index (Phi) is 6.08. The van der Waals surface area contributed by atoms with E-state index < -0.39 is 0 Å². The molecule has 1 atom stereocenters. The summed E-state index contributed by atoms with van der Waals surface area (Å²) in [5, 5.41) is 1.18. The summed E-state index contributed by atoms with van der Waals surface area (Å²) < 4.78 is 2.14. The zero-order valence-electron chi connectivity index (χ0n) is 15.5. The first-order valence-electron chi connectivity index (χ1n) is 9.60. The molecule has 0 radical (unpaired) electrons. The van der Waals surface area contributed by atoms with E-state index in [-0.39, 0.29) is 5.91 Å². The molecular weight excluding hydrogens is 312 g/mol. The summed E-state index contributed by atoms with van der Waals surface area (Å²) in [4.78, 5) is 21.4. The van der Waals surface area contributed by atoms with Crippen molar-refractivity contribution in [1.82, 2.24) is 19.4 Å². The molecule has 1 amide bonds. The molecule has 2 aromatic rings. The number of aryl methyl sites for hydroxylation is 1. The molecule has 1 aliphatic rings. The Balaban J connectivity index is 1.54. The molecule has 1 fully saturated rings. The van der Waals surface area contributed by atoms with Gasteiger partial charge in [-0.2, -0.15) is 0 Å². The van der Waals surface area contributed by atoms with Crippen LogP contribution in [0.4, 0.5) is 0 Å². The molecule has 0 N–H and O–H groups in total. The second-order valence-electron chi connectivity index (χ2n) is 7.03. The molecule has 0 aromatic carbocycles. The standard InChI is InChI=1S/C20H30N4O/c1-3-22(4-2)15-17-6-5-11-24(16-17)20(25)9-13-23-12-8-18-7-10-21-14-19(18)23/h7-8,10,12,14,17H,3-6,9,11,13,15-16H2,1-2H3. The summed E-state index contributed by atoms with van der Waals surface area (Å²) in [6.07, 6.45) is 8.68. The van der Waals surface area contributed by atoms with Gasteiger partial charge in [0.1, 0.15) is 0 Å². The fourth-order valence-electron chi connectivity index (χ4n) is 3.89. The Hall–Kier alpha value is -1.88. The van der Waals surface area contributed by atoms with Crippen molar-refractivity contribution in [3.05, 3.63) is 30.7 Å². The van der Waals surface area contributed by atoms with Crippen LogP contribution in [0.2, 0.25) is 0 Å². The van der Waals surface area contributed by atoms with E-state index in [2.05, 4.69) is 45.5 Å². The van der Waals surface area contributed by atoms with Crippen LogP contribution in [0.1, 0.15) is 33.1 Å². The zero-order valence-corrected chi connectivity index (χ0v) is 15.5. The summed E-state index contributed by atoms with van der Waals surface area (Å²) in [7, 11) is 0. The monoisotopic (exact) mass is 342 g/mol. The number of carbonyl (C=O) groups excluding carboxylic acids is 1. The lowest BCUT2D eigenvalue weighted by atomic mass is 9.97. The van der Waals surface area contributed by atoms with E-state index in [0.717, 1.165) is 51.2 Å². The van der Waals surface area contributed by atoms with Gasteiger partial charge in [-0.05, 0) is 44.0 Å². The second-order valence-corrected chi connectivity index (χ2v) is 7.03. The maximum absolute atomic E-state index is 12.7. The molecule has 1 unspecified atom stereocenters. The van der Waals surface area contributed by atoms with Gasteiger partial charge in [-0.1, -0.05) is 13.8 Å². The lowest BCUT2D eigenvalue weighted by Crippen LogP contribution is -2.44. The second kappa shape index (κ2) is 8.48. The van der Waals surface area contributed by atoms with Gasteiger partial charge in [0.25, 0.3) is 0 Å².